The first kappa shape index (κ1) is 12.5. The third-order valence-electron chi connectivity index (χ3n) is 3.57. The van der Waals surface area contributed by atoms with E-state index in [1.807, 2.05) is 55.5 Å². The van der Waals surface area contributed by atoms with Crippen molar-refractivity contribution in [3.8, 4) is 22.6 Å². The molecule has 0 aromatic heterocycles. The van der Waals surface area contributed by atoms with E-state index in [1.54, 1.807) is 7.11 Å². The molecule has 2 heteroatoms. The monoisotopic (exact) mass is 264 g/mol. The molecule has 0 spiro atoms. The maximum atomic E-state index is 10.5. The summed E-state index contributed by atoms with van der Waals surface area (Å²) >= 11 is 0. The zero-order chi connectivity index (χ0) is 14.1. The highest BCUT2D eigenvalue weighted by Crippen LogP contribution is 2.39. The molecule has 0 atom stereocenters. The molecule has 100 valence electrons. The van der Waals surface area contributed by atoms with Crippen molar-refractivity contribution in [2.45, 2.75) is 6.92 Å². The van der Waals surface area contributed by atoms with Crippen LogP contribution in [0, 0.1) is 6.92 Å². The van der Waals surface area contributed by atoms with Crippen LogP contribution in [0.3, 0.4) is 0 Å². The summed E-state index contributed by atoms with van der Waals surface area (Å²) in [6.45, 7) is 1.92. The Kier molecular flexibility index (Phi) is 3.07. The van der Waals surface area contributed by atoms with Crippen LogP contribution in [-0.4, -0.2) is 12.2 Å². The number of phenolic OH excluding ortho intramolecular Hbond substituents is 1. The van der Waals surface area contributed by atoms with Gasteiger partial charge in [0, 0.05) is 5.56 Å². The number of aryl methyl sites for hydroxylation is 1. The first-order chi connectivity index (χ1) is 9.70. The maximum absolute atomic E-state index is 10.5. The van der Waals surface area contributed by atoms with E-state index in [0.717, 1.165) is 33.2 Å². The van der Waals surface area contributed by atoms with E-state index in [9.17, 15) is 5.11 Å². The first-order valence-electron chi connectivity index (χ1n) is 6.56. The molecular weight excluding hydrogens is 248 g/mol. The van der Waals surface area contributed by atoms with Crippen molar-refractivity contribution in [1.82, 2.24) is 0 Å². The van der Waals surface area contributed by atoms with Crippen LogP contribution in [-0.2, 0) is 0 Å². The van der Waals surface area contributed by atoms with Crippen molar-refractivity contribution in [2.24, 2.45) is 0 Å². The van der Waals surface area contributed by atoms with Crippen molar-refractivity contribution < 1.29 is 9.84 Å². The lowest BCUT2D eigenvalue weighted by Crippen LogP contribution is -1.88. The van der Waals surface area contributed by atoms with E-state index in [1.165, 1.54) is 0 Å². The summed E-state index contributed by atoms with van der Waals surface area (Å²) in [5.41, 5.74) is 2.70. The van der Waals surface area contributed by atoms with E-state index in [2.05, 4.69) is 6.07 Å². The summed E-state index contributed by atoms with van der Waals surface area (Å²) in [5, 5.41) is 12.6. The number of phenols is 1. The fourth-order valence-corrected chi connectivity index (χ4v) is 2.55. The van der Waals surface area contributed by atoms with Gasteiger partial charge in [-0.05, 0) is 47.0 Å². The molecule has 3 aromatic carbocycles. The molecule has 0 saturated heterocycles. The predicted octanol–water partition coefficient (Wildman–Crippen LogP) is 4.53. The van der Waals surface area contributed by atoms with E-state index in [4.69, 9.17) is 4.74 Å². The number of benzene rings is 3. The van der Waals surface area contributed by atoms with Crippen LogP contribution in [0.1, 0.15) is 5.56 Å². The van der Waals surface area contributed by atoms with Crippen molar-refractivity contribution >= 4 is 10.8 Å². The molecule has 0 aliphatic carbocycles. The van der Waals surface area contributed by atoms with Gasteiger partial charge in [0.15, 0.2) is 0 Å². The molecule has 3 rings (SSSR count). The number of aromatic hydroxyl groups is 1. The summed E-state index contributed by atoms with van der Waals surface area (Å²) in [6.07, 6.45) is 0. The molecule has 0 bridgehead atoms. The van der Waals surface area contributed by atoms with Gasteiger partial charge < -0.3 is 9.84 Å². The summed E-state index contributed by atoms with van der Waals surface area (Å²) in [4.78, 5) is 0. The van der Waals surface area contributed by atoms with Crippen LogP contribution in [0.25, 0.3) is 21.9 Å². The Morgan fingerprint density at radius 2 is 1.75 bits per heavy atom. The lowest BCUT2D eigenvalue weighted by atomic mass is 9.94. The molecule has 20 heavy (non-hydrogen) atoms. The molecular formula is C18H16O2. The number of hydrogen-bond acceptors (Lipinski definition) is 2. The Morgan fingerprint density at radius 3 is 2.55 bits per heavy atom. The summed E-state index contributed by atoms with van der Waals surface area (Å²) < 4.78 is 5.28. The Labute approximate surface area is 118 Å². The van der Waals surface area contributed by atoms with Gasteiger partial charge in [-0.25, -0.2) is 0 Å². The van der Waals surface area contributed by atoms with E-state index >= 15 is 0 Å². The zero-order valence-electron chi connectivity index (χ0n) is 11.6. The lowest BCUT2D eigenvalue weighted by molar-refractivity contribution is 0.415. The number of rotatable bonds is 2. The fraction of sp³-hybridized carbons (Fsp3) is 0.111. The second-order valence-electron chi connectivity index (χ2n) is 4.87. The van der Waals surface area contributed by atoms with Gasteiger partial charge in [0.25, 0.3) is 0 Å². The average molecular weight is 264 g/mol. The highest BCUT2D eigenvalue weighted by atomic mass is 16.5. The van der Waals surface area contributed by atoms with Crippen molar-refractivity contribution in [2.75, 3.05) is 7.11 Å². The van der Waals surface area contributed by atoms with Crippen molar-refractivity contribution in [3.05, 3.63) is 60.2 Å². The molecule has 1 N–H and O–H groups in total. The van der Waals surface area contributed by atoms with Crippen molar-refractivity contribution in [1.29, 1.82) is 0 Å². The maximum Gasteiger partial charge on any atom is 0.126 e. The third kappa shape index (κ3) is 1.99. The largest absolute Gasteiger partial charge is 0.507 e. The fourth-order valence-electron chi connectivity index (χ4n) is 2.55. The molecule has 0 radical (unpaired) electrons. The average Bonchev–Trinajstić information content (AvgIpc) is 2.48. The second-order valence-corrected chi connectivity index (χ2v) is 4.87. The number of fused-ring (bicyclic) bond motifs is 1. The summed E-state index contributed by atoms with van der Waals surface area (Å²) in [7, 11) is 1.65. The quantitative estimate of drug-likeness (QED) is 0.737. The smallest absolute Gasteiger partial charge is 0.126 e. The molecule has 0 unspecified atom stereocenters. The summed E-state index contributed by atoms with van der Waals surface area (Å²) in [6, 6.07) is 17.9. The van der Waals surface area contributed by atoms with Crippen LogP contribution in [0.5, 0.6) is 11.5 Å². The molecule has 2 nitrogen and oxygen atoms in total. The predicted molar refractivity (Wildman–Crippen MR) is 82.3 cm³/mol. The van der Waals surface area contributed by atoms with Crippen LogP contribution in [0.15, 0.2) is 54.6 Å². The standard InChI is InChI=1S/C18H16O2/c1-12-10-13-6-3-4-9-16(13)17(18(12)19)14-7-5-8-15(11-14)20-2/h3-11,19H,1-2H3. The van der Waals surface area contributed by atoms with E-state index < -0.39 is 0 Å². The number of methoxy groups -OCH3 is 1. The summed E-state index contributed by atoms with van der Waals surface area (Å²) in [5.74, 6) is 1.12. The zero-order valence-corrected chi connectivity index (χ0v) is 11.6. The van der Waals surface area contributed by atoms with Gasteiger partial charge in [0.1, 0.15) is 11.5 Å². The van der Waals surface area contributed by atoms with Gasteiger partial charge >= 0.3 is 0 Å². The topological polar surface area (TPSA) is 29.5 Å². The Balaban J connectivity index is 2.36. The van der Waals surface area contributed by atoms with Crippen LogP contribution < -0.4 is 4.74 Å². The third-order valence-corrected chi connectivity index (χ3v) is 3.57. The minimum Gasteiger partial charge on any atom is -0.507 e. The van der Waals surface area contributed by atoms with Crippen LogP contribution in [0.2, 0.25) is 0 Å². The van der Waals surface area contributed by atoms with Gasteiger partial charge in [-0.2, -0.15) is 0 Å². The van der Waals surface area contributed by atoms with Gasteiger partial charge in [-0.1, -0.05) is 36.4 Å². The van der Waals surface area contributed by atoms with E-state index in [-0.39, 0.29) is 0 Å². The van der Waals surface area contributed by atoms with Crippen LogP contribution >= 0.6 is 0 Å². The first-order valence-corrected chi connectivity index (χ1v) is 6.56. The molecule has 0 heterocycles. The van der Waals surface area contributed by atoms with Gasteiger partial charge in [0.2, 0.25) is 0 Å². The van der Waals surface area contributed by atoms with Gasteiger partial charge in [-0.15, -0.1) is 0 Å². The molecule has 0 aliphatic rings. The molecule has 0 amide bonds. The molecule has 0 saturated carbocycles. The van der Waals surface area contributed by atoms with Gasteiger partial charge in [-0.3, -0.25) is 0 Å². The Bertz CT molecular complexity index is 775. The lowest BCUT2D eigenvalue weighted by Gasteiger charge is -2.13. The minimum absolute atomic E-state index is 0.331. The van der Waals surface area contributed by atoms with E-state index in [0.29, 0.717) is 5.75 Å². The second kappa shape index (κ2) is 4.89. The van der Waals surface area contributed by atoms with Crippen LogP contribution in [0.4, 0.5) is 0 Å². The Hall–Kier alpha value is -2.48. The normalized spacial score (nSPS) is 10.7. The molecule has 3 aromatic rings. The minimum atomic E-state index is 0.331. The highest BCUT2D eigenvalue weighted by molar-refractivity contribution is 6.00. The number of hydrogen-bond donors (Lipinski definition) is 1. The highest BCUT2D eigenvalue weighted by Gasteiger charge is 2.12. The van der Waals surface area contributed by atoms with Gasteiger partial charge in [0.05, 0.1) is 7.11 Å². The molecule has 0 aliphatic heterocycles. The Morgan fingerprint density at radius 1 is 0.950 bits per heavy atom. The molecule has 0 fully saturated rings. The van der Waals surface area contributed by atoms with Crippen molar-refractivity contribution in [3.63, 3.8) is 0 Å². The number of ether oxygens (including phenoxy) is 1. The SMILES string of the molecule is COc1cccc(-c2c(O)c(C)cc3ccccc23)c1.